The lowest BCUT2D eigenvalue weighted by molar-refractivity contribution is -0.0824. The molecule has 4 rings (SSSR count). The molecule has 2 aromatic rings. The second-order valence-corrected chi connectivity index (χ2v) is 8.10. The summed E-state index contributed by atoms with van der Waals surface area (Å²) in [6.07, 6.45) is 8.07. The molecule has 1 N–H and O–H groups in total. The average Bonchev–Trinajstić information content (AvgIpc) is 3.09. The average molecular weight is 358 g/mol. The van der Waals surface area contributed by atoms with Crippen molar-refractivity contribution in [2.24, 2.45) is 0 Å². The van der Waals surface area contributed by atoms with E-state index in [1.54, 1.807) is 0 Å². The van der Waals surface area contributed by atoms with Gasteiger partial charge in [0, 0.05) is 71.6 Å². The van der Waals surface area contributed by atoms with E-state index in [-0.39, 0.29) is 0 Å². The number of aliphatic hydroxyl groups is 1. The lowest BCUT2D eigenvalue weighted by atomic mass is 9.90. The monoisotopic (exact) mass is 358 g/mol. The van der Waals surface area contributed by atoms with Gasteiger partial charge in [0.25, 0.3) is 0 Å². The molecule has 142 valence electrons. The van der Waals surface area contributed by atoms with Crippen LogP contribution in [-0.2, 0) is 4.74 Å². The van der Waals surface area contributed by atoms with Gasteiger partial charge in [0.2, 0.25) is 0 Å². The van der Waals surface area contributed by atoms with Crippen LogP contribution in [0.15, 0.2) is 24.5 Å². The topological polar surface area (TPSA) is 53.2 Å². The van der Waals surface area contributed by atoms with Gasteiger partial charge in [0.15, 0.2) is 5.82 Å². The molecule has 2 fully saturated rings. The van der Waals surface area contributed by atoms with Crippen LogP contribution in [0, 0.1) is 0 Å². The smallest absolute Gasteiger partial charge is 0.152 e. The summed E-state index contributed by atoms with van der Waals surface area (Å²) in [5.74, 6) is 1.44. The molecule has 2 aliphatic rings. The Balaban J connectivity index is 1.53. The minimum Gasteiger partial charge on any atom is -0.388 e. The maximum Gasteiger partial charge on any atom is 0.152 e. The van der Waals surface area contributed by atoms with Gasteiger partial charge in [0.05, 0.1) is 16.8 Å². The van der Waals surface area contributed by atoms with Crippen molar-refractivity contribution in [2.75, 3.05) is 51.8 Å². The maximum absolute atomic E-state index is 10.9. The molecule has 6 nitrogen and oxygen atoms in total. The first-order valence-corrected chi connectivity index (χ1v) is 9.71. The molecule has 4 heterocycles. The predicted octanol–water partition coefficient (Wildman–Crippen LogP) is 2.12. The number of piperidine rings is 1. The van der Waals surface area contributed by atoms with Crippen molar-refractivity contribution < 1.29 is 9.84 Å². The molecule has 26 heavy (non-hydrogen) atoms. The molecule has 0 aliphatic carbocycles. The molecule has 0 aromatic carbocycles. The third-order valence-electron chi connectivity index (χ3n) is 5.80. The SMILES string of the molecule is CN(C)c1nc(C2CCCN(CC3(O)CCOCC3)C2)cn2cccc12. The van der Waals surface area contributed by atoms with Gasteiger partial charge in [-0.1, -0.05) is 0 Å². The first-order chi connectivity index (χ1) is 12.5. The molecule has 2 saturated heterocycles. The van der Waals surface area contributed by atoms with Gasteiger partial charge in [-0.05, 0) is 31.5 Å². The number of fused-ring (bicyclic) bond motifs is 1. The number of β-amino-alcohol motifs (C(OH)–C–C–N with tert-alkyl or cyclic N) is 1. The van der Waals surface area contributed by atoms with Crippen LogP contribution in [0.2, 0.25) is 0 Å². The van der Waals surface area contributed by atoms with E-state index >= 15 is 0 Å². The van der Waals surface area contributed by atoms with E-state index in [9.17, 15) is 5.11 Å². The first-order valence-electron chi connectivity index (χ1n) is 9.71. The normalized spacial score (nSPS) is 24.0. The highest BCUT2D eigenvalue weighted by Crippen LogP contribution is 2.31. The van der Waals surface area contributed by atoms with Crippen LogP contribution in [0.3, 0.4) is 0 Å². The van der Waals surface area contributed by atoms with Crippen molar-refractivity contribution in [1.29, 1.82) is 0 Å². The van der Waals surface area contributed by atoms with Crippen LogP contribution in [0.4, 0.5) is 5.82 Å². The second-order valence-electron chi connectivity index (χ2n) is 8.10. The number of rotatable bonds is 4. The largest absolute Gasteiger partial charge is 0.388 e. The number of aromatic nitrogens is 2. The summed E-state index contributed by atoms with van der Waals surface area (Å²) in [5, 5.41) is 10.9. The molecule has 0 amide bonds. The lowest BCUT2D eigenvalue weighted by Gasteiger charge is -2.40. The zero-order chi connectivity index (χ0) is 18.1. The van der Waals surface area contributed by atoms with E-state index in [1.165, 1.54) is 0 Å². The lowest BCUT2D eigenvalue weighted by Crippen LogP contribution is -2.49. The molecular weight excluding hydrogens is 328 g/mol. The van der Waals surface area contributed by atoms with Gasteiger partial charge in [-0.3, -0.25) is 4.90 Å². The third kappa shape index (κ3) is 3.59. The summed E-state index contributed by atoms with van der Waals surface area (Å²) in [6.45, 7) is 4.12. The minimum absolute atomic E-state index is 0.415. The Labute approximate surface area is 155 Å². The standard InChI is InChI=1S/C20H30N4O2/c1-22(2)19-18-6-4-10-24(18)14-17(21-19)16-5-3-9-23(13-16)15-20(25)7-11-26-12-8-20/h4,6,10,14,16,25H,3,5,7-9,11-13,15H2,1-2H3. The Morgan fingerprint density at radius 1 is 1.35 bits per heavy atom. The summed E-state index contributed by atoms with van der Waals surface area (Å²) < 4.78 is 7.60. The van der Waals surface area contributed by atoms with E-state index in [2.05, 4.69) is 38.7 Å². The first kappa shape index (κ1) is 17.8. The van der Waals surface area contributed by atoms with Crippen molar-refractivity contribution in [3.8, 4) is 0 Å². The van der Waals surface area contributed by atoms with E-state index in [0.29, 0.717) is 19.1 Å². The number of ether oxygens (including phenoxy) is 1. The van der Waals surface area contributed by atoms with Crippen molar-refractivity contribution >= 4 is 11.3 Å². The van der Waals surface area contributed by atoms with Crippen LogP contribution in [0.25, 0.3) is 5.52 Å². The van der Waals surface area contributed by atoms with Crippen molar-refractivity contribution in [2.45, 2.75) is 37.2 Å². The Morgan fingerprint density at radius 3 is 2.92 bits per heavy atom. The minimum atomic E-state index is -0.591. The predicted molar refractivity (Wildman–Crippen MR) is 103 cm³/mol. The van der Waals surface area contributed by atoms with E-state index in [0.717, 1.165) is 62.3 Å². The second kappa shape index (κ2) is 7.18. The third-order valence-corrected chi connectivity index (χ3v) is 5.80. The highest BCUT2D eigenvalue weighted by Gasteiger charge is 2.34. The summed E-state index contributed by atoms with van der Waals surface area (Å²) >= 11 is 0. The number of nitrogens with zero attached hydrogens (tertiary/aromatic N) is 4. The van der Waals surface area contributed by atoms with E-state index < -0.39 is 5.60 Å². The van der Waals surface area contributed by atoms with E-state index in [1.807, 2.05) is 14.1 Å². The van der Waals surface area contributed by atoms with Crippen molar-refractivity contribution in [3.63, 3.8) is 0 Å². The van der Waals surface area contributed by atoms with Crippen molar-refractivity contribution in [1.82, 2.24) is 14.3 Å². The zero-order valence-electron chi connectivity index (χ0n) is 15.9. The van der Waals surface area contributed by atoms with Crippen LogP contribution in [0.1, 0.15) is 37.3 Å². The Bertz CT molecular complexity index is 751. The molecule has 6 heteroatoms. The van der Waals surface area contributed by atoms with E-state index in [4.69, 9.17) is 9.72 Å². The molecular formula is C20H30N4O2. The summed E-state index contributed by atoms with van der Waals surface area (Å²) in [7, 11) is 4.10. The zero-order valence-corrected chi connectivity index (χ0v) is 15.9. The summed E-state index contributed by atoms with van der Waals surface area (Å²) in [6, 6.07) is 4.18. The van der Waals surface area contributed by atoms with Gasteiger partial charge < -0.3 is 19.1 Å². The molecule has 2 aliphatic heterocycles. The Kier molecular flexibility index (Phi) is 4.90. The maximum atomic E-state index is 10.9. The Morgan fingerprint density at radius 2 is 2.15 bits per heavy atom. The fraction of sp³-hybridized carbons (Fsp3) is 0.650. The highest BCUT2D eigenvalue weighted by atomic mass is 16.5. The van der Waals surface area contributed by atoms with Crippen LogP contribution >= 0.6 is 0 Å². The number of anilines is 1. The molecule has 1 atom stereocenters. The molecule has 2 aromatic heterocycles. The number of likely N-dealkylation sites (tertiary alicyclic amines) is 1. The molecule has 1 unspecified atom stereocenters. The summed E-state index contributed by atoms with van der Waals surface area (Å²) in [5.41, 5.74) is 1.70. The van der Waals surface area contributed by atoms with Gasteiger partial charge in [0.1, 0.15) is 0 Å². The molecule has 0 spiro atoms. The highest BCUT2D eigenvalue weighted by molar-refractivity contribution is 5.69. The fourth-order valence-electron chi connectivity index (χ4n) is 4.34. The molecule has 0 bridgehead atoms. The fourth-order valence-corrected chi connectivity index (χ4v) is 4.34. The summed E-state index contributed by atoms with van der Waals surface area (Å²) in [4.78, 5) is 9.51. The van der Waals surface area contributed by atoms with Crippen molar-refractivity contribution in [3.05, 3.63) is 30.2 Å². The van der Waals surface area contributed by atoms with Gasteiger partial charge in [-0.25, -0.2) is 4.98 Å². The van der Waals surface area contributed by atoms with Gasteiger partial charge in [-0.15, -0.1) is 0 Å². The van der Waals surface area contributed by atoms with Gasteiger partial charge in [-0.2, -0.15) is 0 Å². The quantitative estimate of drug-likeness (QED) is 0.907. The van der Waals surface area contributed by atoms with Gasteiger partial charge >= 0.3 is 0 Å². The van der Waals surface area contributed by atoms with Crippen LogP contribution in [0.5, 0.6) is 0 Å². The number of hydrogen-bond donors (Lipinski definition) is 1. The Hall–Kier alpha value is -1.63. The van der Waals surface area contributed by atoms with Crippen LogP contribution < -0.4 is 4.90 Å². The van der Waals surface area contributed by atoms with Crippen LogP contribution in [-0.4, -0.2) is 71.9 Å². The molecule has 0 radical (unpaired) electrons. The molecule has 0 saturated carbocycles. The number of hydrogen-bond acceptors (Lipinski definition) is 5.